The number of aromatic nitrogens is 4. The Labute approximate surface area is 268 Å². The van der Waals surface area contributed by atoms with Gasteiger partial charge in [0.1, 0.15) is 17.9 Å². The molecule has 1 aliphatic heterocycles. The molecule has 2 amide bonds. The number of benzene rings is 2. The maximum atomic E-state index is 12.5. The number of carbonyl (C=O) groups is 3. The number of aryl methyl sites for hydroxylation is 2. The molecular formula is C31H37N7O9. The largest absolute Gasteiger partial charge is 0.477 e. The molecule has 2 aromatic heterocycles. The summed E-state index contributed by atoms with van der Waals surface area (Å²) in [7, 11) is 0. The van der Waals surface area contributed by atoms with E-state index in [1.807, 2.05) is 24.4 Å². The fourth-order valence-corrected chi connectivity index (χ4v) is 5.52. The van der Waals surface area contributed by atoms with Crippen LogP contribution in [0.3, 0.4) is 0 Å². The van der Waals surface area contributed by atoms with Crippen LogP contribution in [0.2, 0.25) is 0 Å². The third kappa shape index (κ3) is 7.75. The van der Waals surface area contributed by atoms with Crippen LogP contribution in [0, 0.1) is 0 Å². The molecule has 0 spiro atoms. The molecule has 6 atom stereocenters. The van der Waals surface area contributed by atoms with Crippen LogP contribution < -0.4 is 16.4 Å². The van der Waals surface area contributed by atoms with E-state index in [2.05, 4.69) is 25.9 Å². The summed E-state index contributed by atoms with van der Waals surface area (Å²) in [6.45, 7) is 0.762. The monoisotopic (exact) mass is 651 g/mol. The number of aliphatic carboxylic acids is 1. The lowest BCUT2D eigenvalue weighted by molar-refractivity contribution is -0.314. The fraction of sp³-hybridized carbons (Fsp3) is 0.387. The molecule has 250 valence electrons. The molecule has 0 bridgehead atoms. The maximum absolute atomic E-state index is 12.5. The molecular weight excluding hydrogens is 614 g/mol. The fourth-order valence-electron chi connectivity index (χ4n) is 5.52. The van der Waals surface area contributed by atoms with E-state index in [1.54, 1.807) is 41.2 Å². The van der Waals surface area contributed by atoms with Crippen LogP contribution in [-0.4, -0.2) is 101 Å². The molecule has 1 aliphatic rings. The lowest BCUT2D eigenvalue weighted by atomic mass is 9.88. The molecule has 47 heavy (non-hydrogen) atoms. The average Bonchev–Trinajstić information content (AvgIpc) is 3.68. The van der Waals surface area contributed by atoms with Crippen molar-refractivity contribution in [3.05, 3.63) is 77.7 Å². The van der Waals surface area contributed by atoms with E-state index < -0.39 is 73.6 Å². The van der Waals surface area contributed by atoms with E-state index in [0.29, 0.717) is 24.2 Å². The number of anilines is 1. The molecule has 1 unspecified atom stereocenters. The Kier molecular flexibility index (Phi) is 10.2. The molecule has 0 saturated carbocycles. The first-order chi connectivity index (χ1) is 22.5. The quantitative estimate of drug-likeness (QED) is 0.0868. The van der Waals surface area contributed by atoms with Crippen LogP contribution in [0.15, 0.2) is 60.9 Å². The zero-order valence-corrected chi connectivity index (χ0v) is 25.4. The highest BCUT2D eigenvalue weighted by atomic mass is 16.7. The molecule has 2 aromatic carbocycles. The second-order valence-corrected chi connectivity index (χ2v) is 11.4. The van der Waals surface area contributed by atoms with Crippen LogP contribution in [0.5, 0.6) is 0 Å². The minimum absolute atomic E-state index is 0.261. The average molecular weight is 652 g/mol. The maximum Gasteiger partial charge on any atom is 0.364 e. The van der Waals surface area contributed by atoms with Crippen molar-refractivity contribution >= 4 is 34.4 Å². The van der Waals surface area contributed by atoms with Crippen molar-refractivity contribution in [3.8, 4) is 0 Å². The number of nitrogens with one attached hydrogen (secondary N) is 3. The number of aliphatic hydroxyl groups is 3. The number of aliphatic hydroxyl groups excluding tert-OH is 3. The van der Waals surface area contributed by atoms with Gasteiger partial charge in [0.2, 0.25) is 5.91 Å². The number of nitrogen functional groups attached to an aromatic ring is 1. The van der Waals surface area contributed by atoms with Crippen LogP contribution >= 0.6 is 0 Å². The molecule has 5 rings (SSSR count). The molecule has 16 heteroatoms. The molecule has 4 aromatic rings. The van der Waals surface area contributed by atoms with Crippen LogP contribution in [0.4, 0.5) is 5.69 Å². The number of ether oxygens (including phenoxy) is 2. The second-order valence-electron chi connectivity index (χ2n) is 11.4. The van der Waals surface area contributed by atoms with E-state index in [4.69, 9.17) is 15.2 Å². The van der Waals surface area contributed by atoms with Gasteiger partial charge in [0.05, 0.1) is 31.1 Å². The molecule has 1 saturated heterocycles. The van der Waals surface area contributed by atoms with Gasteiger partial charge in [-0.25, -0.2) is 4.79 Å². The van der Waals surface area contributed by atoms with E-state index in [0.717, 1.165) is 16.5 Å². The van der Waals surface area contributed by atoms with Gasteiger partial charge in [0.15, 0.2) is 0 Å². The zero-order chi connectivity index (χ0) is 33.7. The molecule has 16 nitrogen and oxygen atoms in total. The number of nitrogens with zero attached hydrogens (tertiary/aromatic N) is 3. The number of carboxylic acid groups (broad SMARTS) is 1. The van der Waals surface area contributed by atoms with Crippen molar-refractivity contribution in [2.45, 2.75) is 69.2 Å². The predicted octanol–water partition coefficient (Wildman–Crippen LogP) is -0.312. The Morgan fingerprint density at radius 2 is 1.98 bits per heavy atom. The van der Waals surface area contributed by atoms with Gasteiger partial charge in [-0.3, -0.25) is 14.3 Å². The summed E-state index contributed by atoms with van der Waals surface area (Å²) in [6, 6.07) is 12.4. The van der Waals surface area contributed by atoms with Gasteiger partial charge in [-0.1, -0.05) is 23.4 Å². The van der Waals surface area contributed by atoms with Gasteiger partial charge < -0.3 is 51.3 Å². The summed E-state index contributed by atoms with van der Waals surface area (Å²) < 4.78 is 13.0. The van der Waals surface area contributed by atoms with Gasteiger partial charge in [0.25, 0.3) is 11.7 Å². The topological polar surface area (TPSA) is 247 Å². The van der Waals surface area contributed by atoms with Crippen molar-refractivity contribution in [2.75, 3.05) is 12.3 Å². The lowest BCUT2D eigenvalue weighted by Crippen LogP contribution is -2.68. The van der Waals surface area contributed by atoms with Gasteiger partial charge >= 0.3 is 5.97 Å². The number of rotatable bonds is 13. The van der Waals surface area contributed by atoms with Crippen LogP contribution in [0.1, 0.15) is 35.0 Å². The number of nitrogens with two attached hydrogens (primary N) is 1. The first-order valence-corrected chi connectivity index (χ1v) is 14.9. The van der Waals surface area contributed by atoms with Gasteiger partial charge in [0, 0.05) is 54.8 Å². The Balaban J connectivity index is 1.26. The highest BCUT2D eigenvalue weighted by Gasteiger charge is 2.55. The van der Waals surface area contributed by atoms with Gasteiger partial charge in [-0.15, -0.1) is 5.10 Å². The number of hydrogen-bond acceptors (Lipinski definition) is 11. The molecule has 9 N–H and O–H groups in total. The van der Waals surface area contributed by atoms with Crippen molar-refractivity contribution in [1.82, 2.24) is 30.6 Å². The minimum atomic E-state index is -2.50. The number of amides is 2. The number of carboxylic acids is 1. The van der Waals surface area contributed by atoms with Crippen molar-refractivity contribution in [2.24, 2.45) is 0 Å². The number of carbonyl (C=O) groups excluding carboxylic acids is 2. The highest BCUT2D eigenvalue weighted by molar-refractivity contribution is 5.94. The Hall–Kier alpha value is -4.87. The first-order valence-electron chi connectivity index (χ1n) is 14.9. The van der Waals surface area contributed by atoms with Crippen molar-refractivity contribution in [3.63, 3.8) is 0 Å². The SMILES string of the molecule is CC(=O)N[C@H]1C([C@H](O)[C@H](O)CNC(=O)c2ccccc2)O[C@@](OCc2cn(CCc3c[nH]c4ccc(N)cc34)nn2)(C(=O)O)C[C@@H]1O. The molecule has 0 aliphatic carbocycles. The van der Waals surface area contributed by atoms with E-state index in [-0.39, 0.29) is 5.69 Å². The van der Waals surface area contributed by atoms with E-state index in [1.165, 1.54) is 6.92 Å². The second kappa shape index (κ2) is 14.3. The lowest BCUT2D eigenvalue weighted by Gasteiger charge is -2.46. The zero-order valence-electron chi connectivity index (χ0n) is 25.4. The number of H-pyrrole nitrogens is 1. The van der Waals surface area contributed by atoms with Crippen molar-refractivity contribution < 1.29 is 44.3 Å². The molecule has 1 fully saturated rings. The van der Waals surface area contributed by atoms with E-state index in [9.17, 15) is 34.8 Å². The summed E-state index contributed by atoms with van der Waals surface area (Å²) in [5.41, 5.74) is 9.12. The van der Waals surface area contributed by atoms with Crippen molar-refractivity contribution in [1.29, 1.82) is 0 Å². The summed E-state index contributed by atoms with van der Waals surface area (Å²) in [6.07, 6.45) is -3.37. The van der Waals surface area contributed by atoms with Crippen LogP contribution in [-0.2, 0) is 38.6 Å². The normalized spacial score (nSPS) is 22.4. The summed E-state index contributed by atoms with van der Waals surface area (Å²) in [4.78, 5) is 40.1. The summed E-state index contributed by atoms with van der Waals surface area (Å²) in [5, 5.41) is 57.1. The Morgan fingerprint density at radius 1 is 1.21 bits per heavy atom. The molecule has 3 heterocycles. The summed E-state index contributed by atoms with van der Waals surface area (Å²) >= 11 is 0. The smallest absolute Gasteiger partial charge is 0.364 e. The third-order valence-electron chi connectivity index (χ3n) is 7.95. The summed E-state index contributed by atoms with van der Waals surface area (Å²) in [5.74, 6) is -5.24. The third-order valence-corrected chi connectivity index (χ3v) is 7.95. The van der Waals surface area contributed by atoms with Gasteiger partial charge in [-0.05, 0) is 42.3 Å². The first kappa shape index (κ1) is 33.5. The Morgan fingerprint density at radius 3 is 2.70 bits per heavy atom. The number of hydrogen-bond donors (Lipinski definition) is 8. The van der Waals surface area contributed by atoms with E-state index >= 15 is 0 Å². The highest BCUT2D eigenvalue weighted by Crippen LogP contribution is 2.34. The predicted molar refractivity (Wildman–Crippen MR) is 165 cm³/mol. The number of fused-ring (bicyclic) bond motifs is 1. The van der Waals surface area contributed by atoms with Crippen LogP contribution in [0.25, 0.3) is 10.9 Å². The number of aromatic amines is 1. The Bertz CT molecular complexity index is 1710. The minimum Gasteiger partial charge on any atom is -0.477 e. The standard InChI is InChI=1S/C31H37N7O9/c1-17(39)35-26-24(40)12-31(30(44)45,47-28(26)27(42)25(41)14-34-29(43)18-5-3-2-4-6-18)46-16-21-15-38(37-36-21)10-9-19-13-33-23-8-7-20(32)11-22(19)23/h2-8,11,13,15,24-28,33,40-42H,9-10,12,14,16,32H2,1H3,(H,34,43)(H,35,39)(H,44,45)/t24-,25+,26+,27+,28?,31+/m0/s1. The molecule has 0 radical (unpaired) electrons. The van der Waals surface area contributed by atoms with Gasteiger partial charge in [-0.2, -0.15) is 0 Å².